The van der Waals surface area contributed by atoms with Gasteiger partial charge in [0.25, 0.3) is 0 Å². The molecule has 1 fully saturated rings. The van der Waals surface area contributed by atoms with Gasteiger partial charge in [-0.05, 0) is 37.6 Å². The highest BCUT2D eigenvalue weighted by molar-refractivity contribution is 5.77. The fraction of sp³-hybridized carbons (Fsp3) is 0.333. The summed E-state index contributed by atoms with van der Waals surface area (Å²) in [5.74, 6) is 0.263. The zero-order valence-corrected chi connectivity index (χ0v) is 17.4. The lowest BCUT2D eigenvalue weighted by Crippen LogP contribution is -2.46. The van der Waals surface area contributed by atoms with Crippen molar-refractivity contribution < 1.29 is 13.5 Å². The molecule has 0 aliphatic carbocycles. The Hall–Kier alpha value is -3.40. The Kier molecular flexibility index (Phi) is 5.90. The maximum atomic E-state index is 14.5. The second kappa shape index (κ2) is 8.76. The van der Waals surface area contributed by atoms with Crippen molar-refractivity contribution in [2.45, 2.75) is 26.1 Å². The number of hydrogen-bond acceptors (Lipinski definition) is 8. The lowest BCUT2D eigenvalue weighted by molar-refractivity contribution is -0.00572. The summed E-state index contributed by atoms with van der Waals surface area (Å²) in [6, 6.07) is 7.71. The zero-order chi connectivity index (χ0) is 22.0. The molecule has 0 spiro atoms. The number of nitrogens with zero attached hydrogens (tertiary/aromatic N) is 5. The molecule has 0 saturated carbocycles. The van der Waals surface area contributed by atoms with Gasteiger partial charge >= 0.3 is 0 Å². The largest absolute Gasteiger partial charge is 0.372 e. The van der Waals surface area contributed by atoms with Crippen LogP contribution in [0.25, 0.3) is 11.1 Å². The third-order valence-corrected chi connectivity index (χ3v) is 4.87. The molecule has 1 aromatic carbocycles. The summed E-state index contributed by atoms with van der Waals surface area (Å²) < 4.78 is 33.5. The Bertz CT molecular complexity index is 1050. The number of halogens is 2. The molecule has 0 amide bonds. The van der Waals surface area contributed by atoms with Crippen LogP contribution < -0.4 is 15.5 Å². The van der Waals surface area contributed by atoms with Gasteiger partial charge in [-0.2, -0.15) is 4.98 Å². The molecule has 3 heterocycles. The minimum Gasteiger partial charge on any atom is -0.372 e. The minimum atomic E-state index is -0.610. The van der Waals surface area contributed by atoms with Crippen molar-refractivity contribution in [3.8, 4) is 11.1 Å². The van der Waals surface area contributed by atoms with Crippen molar-refractivity contribution in [2.75, 3.05) is 35.7 Å². The van der Waals surface area contributed by atoms with Gasteiger partial charge in [-0.15, -0.1) is 10.2 Å². The fourth-order valence-corrected chi connectivity index (χ4v) is 3.55. The summed E-state index contributed by atoms with van der Waals surface area (Å²) in [6.07, 6.45) is 1.17. The second-order valence-corrected chi connectivity index (χ2v) is 7.40. The maximum absolute atomic E-state index is 14.5. The quantitative estimate of drug-likeness (QED) is 0.639. The van der Waals surface area contributed by atoms with E-state index in [1.54, 1.807) is 25.2 Å². The van der Waals surface area contributed by atoms with Gasteiger partial charge in [0, 0.05) is 25.7 Å². The van der Waals surface area contributed by atoms with Gasteiger partial charge in [0.1, 0.15) is 5.82 Å². The van der Waals surface area contributed by atoms with E-state index in [2.05, 4.69) is 30.8 Å². The molecule has 1 aliphatic rings. The average molecular weight is 427 g/mol. The first-order chi connectivity index (χ1) is 14.9. The van der Waals surface area contributed by atoms with Crippen LogP contribution in [0.5, 0.6) is 0 Å². The molecular formula is C21H23F2N7O. The number of benzene rings is 1. The normalized spacial score (nSPS) is 18.7. The molecule has 1 saturated heterocycles. The summed E-state index contributed by atoms with van der Waals surface area (Å²) in [4.78, 5) is 10.5. The zero-order valence-electron chi connectivity index (χ0n) is 17.4. The summed E-state index contributed by atoms with van der Waals surface area (Å²) in [7, 11) is 1.71. The van der Waals surface area contributed by atoms with Gasteiger partial charge in [-0.3, -0.25) is 0 Å². The Morgan fingerprint density at radius 1 is 1.03 bits per heavy atom. The van der Waals surface area contributed by atoms with Crippen molar-refractivity contribution in [1.82, 2.24) is 20.2 Å². The van der Waals surface area contributed by atoms with Crippen LogP contribution in [0.2, 0.25) is 0 Å². The van der Waals surface area contributed by atoms with E-state index in [0.717, 1.165) is 11.8 Å². The molecule has 31 heavy (non-hydrogen) atoms. The van der Waals surface area contributed by atoms with Crippen LogP contribution in [0.1, 0.15) is 13.8 Å². The standard InChI is InChI=1S/C21H23F2N7O/c1-12-10-30(11-13(2)31-12)21-25-9-17(23)20(27-21)26-18-8-16(19(24-3)29-28-18)14-4-6-15(22)7-5-14/h4-9,12-13H,10-11H2,1-3H3,(H,24,29)(H,25,26,27,28)/t12-,13+. The highest BCUT2D eigenvalue weighted by Gasteiger charge is 2.25. The van der Waals surface area contributed by atoms with E-state index in [4.69, 9.17) is 4.74 Å². The smallest absolute Gasteiger partial charge is 0.227 e. The topological polar surface area (TPSA) is 88.1 Å². The van der Waals surface area contributed by atoms with Crippen molar-refractivity contribution >= 4 is 23.4 Å². The van der Waals surface area contributed by atoms with Crippen LogP contribution in [0, 0.1) is 11.6 Å². The number of hydrogen-bond donors (Lipinski definition) is 2. The van der Waals surface area contributed by atoms with Gasteiger partial charge in [0.2, 0.25) is 5.95 Å². The van der Waals surface area contributed by atoms with Crippen molar-refractivity contribution in [3.63, 3.8) is 0 Å². The van der Waals surface area contributed by atoms with Crippen molar-refractivity contribution in [1.29, 1.82) is 0 Å². The molecule has 2 N–H and O–H groups in total. The van der Waals surface area contributed by atoms with Crippen LogP contribution in [-0.2, 0) is 4.74 Å². The second-order valence-electron chi connectivity index (χ2n) is 7.40. The summed E-state index contributed by atoms with van der Waals surface area (Å²) in [5, 5.41) is 14.1. The fourth-order valence-electron chi connectivity index (χ4n) is 3.55. The first-order valence-corrected chi connectivity index (χ1v) is 9.94. The maximum Gasteiger partial charge on any atom is 0.227 e. The van der Waals surface area contributed by atoms with Crippen LogP contribution >= 0.6 is 0 Å². The summed E-state index contributed by atoms with van der Waals surface area (Å²) in [5.41, 5.74) is 1.43. The average Bonchev–Trinajstić information content (AvgIpc) is 2.75. The van der Waals surface area contributed by atoms with Crippen LogP contribution in [-0.4, -0.2) is 52.5 Å². The number of nitrogens with one attached hydrogen (secondary N) is 2. The lowest BCUT2D eigenvalue weighted by Gasteiger charge is -2.35. The highest BCUT2D eigenvalue weighted by Crippen LogP contribution is 2.29. The van der Waals surface area contributed by atoms with Gasteiger partial charge < -0.3 is 20.3 Å². The third-order valence-electron chi connectivity index (χ3n) is 4.87. The summed E-state index contributed by atoms with van der Waals surface area (Å²) >= 11 is 0. The van der Waals surface area contributed by atoms with E-state index < -0.39 is 5.82 Å². The number of morpholine rings is 1. The molecule has 8 nitrogen and oxygen atoms in total. The first kappa shape index (κ1) is 20.9. The molecule has 3 aromatic rings. The van der Waals surface area contributed by atoms with Crippen LogP contribution in [0.4, 0.5) is 32.2 Å². The Morgan fingerprint density at radius 2 is 1.74 bits per heavy atom. The Labute approximate surface area is 178 Å². The number of ether oxygens (including phenoxy) is 1. The van der Waals surface area contributed by atoms with Crippen molar-refractivity contribution in [3.05, 3.63) is 48.2 Å². The molecule has 4 rings (SSSR count). The van der Waals surface area contributed by atoms with Gasteiger partial charge in [0.05, 0.1) is 18.4 Å². The minimum absolute atomic E-state index is 0.00615. The Balaban J connectivity index is 1.63. The molecule has 2 aromatic heterocycles. The SMILES string of the molecule is CNc1nnc(Nc2nc(N3C[C@@H](C)O[C@@H](C)C3)ncc2F)cc1-c1ccc(F)cc1. The molecule has 1 aliphatic heterocycles. The molecular weight excluding hydrogens is 404 g/mol. The molecule has 2 atom stereocenters. The van der Waals surface area contributed by atoms with Gasteiger partial charge in [0.15, 0.2) is 23.3 Å². The number of anilines is 4. The van der Waals surface area contributed by atoms with E-state index in [1.165, 1.54) is 12.1 Å². The highest BCUT2D eigenvalue weighted by atomic mass is 19.1. The van der Waals surface area contributed by atoms with Crippen molar-refractivity contribution in [2.24, 2.45) is 0 Å². The third kappa shape index (κ3) is 4.69. The molecule has 0 radical (unpaired) electrons. The first-order valence-electron chi connectivity index (χ1n) is 9.94. The van der Waals surface area contributed by atoms with Gasteiger partial charge in [-0.25, -0.2) is 13.8 Å². The molecule has 10 heteroatoms. The van der Waals surface area contributed by atoms with E-state index >= 15 is 0 Å². The van der Waals surface area contributed by atoms with E-state index in [0.29, 0.717) is 36.2 Å². The molecule has 0 unspecified atom stereocenters. The lowest BCUT2D eigenvalue weighted by atomic mass is 10.1. The molecule has 162 valence electrons. The van der Waals surface area contributed by atoms with E-state index in [-0.39, 0.29) is 23.8 Å². The van der Waals surface area contributed by atoms with Crippen LogP contribution in [0.15, 0.2) is 36.5 Å². The monoisotopic (exact) mass is 427 g/mol. The van der Waals surface area contributed by atoms with Gasteiger partial charge in [-0.1, -0.05) is 12.1 Å². The molecule has 0 bridgehead atoms. The predicted octanol–water partition coefficient (Wildman–Crippen LogP) is 3.61. The number of aromatic nitrogens is 4. The Morgan fingerprint density at radius 3 is 2.42 bits per heavy atom. The predicted molar refractivity (Wildman–Crippen MR) is 114 cm³/mol. The van der Waals surface area contributed by atoms with E-state index in [1.807, 2.05) is 18.7 Å². The number of rotatable bonds is 5. The van der Waals surface area contributed by atoms with E-state index in [9.17, 15) is 8.78 Å². The summed E-state index contributed by atoms with van der Waals surface area (Å²) in [6.45, 7) is 5.17. The van der Waals surface area contributed by atoms with Crippen LogP contribution in [0.3, 0.4) is 0 Å².